The summed E-state index contributed by atoms with van der Waals surface area (Å²) >= 11 is 5.43. The molecule has 1 rings (SSSR count). The number of hydrogen-bond acceptors (Lipinski definition) is 2. The van der Waals surface area contributed by atoms with Crippen LogP contribution in [0.5, 0.6) is 0 Å². The first kappa shape index (κ1) is 11.5. The molecule has 0 saturated heterocycles. The predicted molar refractivity (Wildman–Crippen MR) is 43.4 cm³/mol. The van der Waals surface area contributed by atoms with E-state index in [-0.39, 0.29) is 62.1 Å². The zero-order valence-corrected chi connectivity index (χ0v) is 5.67. The summed E-state index contributed by atoms with van der Waals surface area (Å²) in [5.41, 5.74) is 0.0316. The molecule has 0 bridgehead atoms. The number of carbonyl (C=O) groups is 1. The van der Waals surface area contributed by atoms with Crippen LogP contribution >= 0.6 is 11.6 Å². The van der Waals surface area contributed by atoms with Gasteiger partial charge in [0.2, 0.25) is 0 Å². The number of halogens is 1. The third kappa shape index (κ3) is 3.19. The molecule has 0 amide bonds. The topological polar surface area (TPSA) is 50.2 Å². The predicted octanol–water partition coefficient (Wildman–Crippen LogP) is 0.785. The van der Waals surface area contributed by atoms with E-state index >= 15 is 0 Å². The number of aromatic carboxylic acids is 1. The van der Waals surface area contributed by atoms with Crippen LogP contribution in [-0.2, 0) is 0 Å². The molecule has 1 N–H and O–H groups in total. The van der Waals surface area contributed by atoms with E-state index in [1.54, 1.807) is 0 Å². The zero-order valence-electron chi connectivity index (χ0n) is 4.91. The monoisotopic (exact) mass is 197 g/mol. The number of hydrogen-bond donors (Lipinski definition) is 1. The first-order valence-electron chi connectivity index (χ1n) is 2.55. The molecule has 0 saturated carbocycles. The van der Waals surface area contributed by atoms with Gasteiger partial charge in [0.25, 0.3) is 0 Å². The summed E-state index contributed by atoms with van der Waals surface area (Å²) in [5.74, 6) is -1.06. The number of nitrogens with zero attached hydrogens (tertiary/aromatic N) is 1. The van der Waals surface area contributed by atoms with Gasteiger partial charge >= 0.3 is 57.4 Å². The van der Waals surface area contributed by atoms with Gasteiger partial charge in [-0.15, -0.1) is 0 Å². The second-order valence-electron chi connectivity index (χ2n) is 1.65. The Balaban J connectivity index is 0.000001000. The number of aromatic nitrogens is 1. The van der Waals surface area contributed by atoms with Crippen molar-refractivity contribution >= 4 is 69.0 Å². The standard InChI is InChI=1S/C6H4ClNO2.K.H/c7-5-4(6(9)10)2-1-3-8-5;;/h1-3H,(H,9,10);;. The molecule has 1 heterocycles. The molecule has 0 aliphatic carbocycles. The van der Waals surface area contributed by atoms with Crippen molar-refractivity contribution in [3.05, 3.63) is 29.0 Å². The normalized spacial score (nSPS) is 8.45. The second-order valence-corrected chi connectivity index (χ2v) is 2.00. The van der Waals surface area contributed by atoms with E-state index in [0.29, 0.717) is 0 Å². The summed E-state index contributed by atoms with van der Waals surface area (Å²) < 4.78 is 0. The Morgan fingerprint density at radius 3 is 2.64 bits per heavy atom. The van der Waals surface area contributed by atoms with Gasteiger partial charge in [0, 0.05) is 6.20 Å². The van der Waals surface area contributed by atoms with Crippen molar-refractivity contribution in [3.8, 4) is 0 Å². The van der Waals surface area contributed by atoms with Crippen molar-refractivity contribution in [3.63, 3.8) is 0 Å². The van der Waals surface area contributed by atoms with E-state index in [2.05, 4.69) is 4.98 Å². The minimum atomic E-state index is -1.06. The Labute approximate surface area is 111 Å². The van der Waals surface area contributed by atoms with Crippen molar-refractivity contribution < 1.29 is 9.90 Å². The van der Waals surface area contributed by atoms with Gasteiger partial charge < -0.3 is 5.11 Å². The van der Waals surface area contributed by atoms with Crippen LogP contribution in [-0.4, -0.2) is 67.4 Å². The van der Waals surface area contributed by atoms with Gasteiger partial charge in [-0.25, -0.2) is 9.78 Å². The molecule has 1 aromatic rings. The molecule has 54 valence electrons. The van der Waals surface area contributed by atoms with Crippen LogP contribution in [0.2, 0.25) is 5.15 Å². The van der Waals surface area contributed by atoms with Crippen LogP contribution in [0.25, 0.3) is 0 Å². The summed E-state index contributed by atoms with van der Waals surface area (Å²) in [4.78, 5) is 13.9. The molecule has 11 heavy (non-hydrogen) atoms. The van der Waals surface area contributed by atoms with Gasteiger partial charge in [0.1, 0.15) is 5.15 Å². The average Bonchev–Trinajstić information content (AvgIpc) is 1.88. The average molecular weight is 198 g/mol. The van der Waals surface area contributed by atoms with Crippen LogP contribution in [0.4, 0.5) is 0 Å². The molecule has 0 unspecified atom stereocenters. The van der Waals surface area contributed by atoms with Gasteiger partial charge in [0.15, 0.2) is 0 Å². The van der Waals surface area contributed by atoms with E-state index < -0.39 is 5.97 Å². The van der Waals surface area contributed by atoms with Crippen LogP contribution in [0.3, 0.4) is 0 Å². The van der Waals surface area contributed by atoms with Crippen LogP contribution in [0.1, 0.15) is 10.4 Å². The van der Waals surface area contributed by atoms with E-state index in [1.807, 2.05) is 0 Å². The summed E-state index contributed by atoms with van der Waals surface area (Å²) in [6.07, 6.45) is 1.44. The fourth-order valence-corrected chi connectivity index (χ4v) is 0.746. The zero-order chi connectivity index (χ0) is 7.56. The fourth-order valence-electron chi connectivity index (χ4n) is 0.546. The van der Waals surface area contributed by atoms with Gasteiger partial charge in [-0.1, -0.05) is 11.6 Å². The quantitative estimate of drug-likeness (QED) is 0.535. The molecule has 0 aromatic carbocycles. The Morgan fingerprint density at radius 2 is 2.27 bits per heavy atom. The molecule has 5 heteroatoms. The van der Waals surface area contributed by atoms with Gasteiger partial charge in [-0.2, -0.15) is 0 Å². The molecule has 0 atom stereocenters. The third-order valence-corrected chi connectivity index (χ3v) is 1.29. The Bertz CT molecular complexity index is 267. The van der Waals surface area contributed by atoms with Crippen molar-refractivity contribution in [2.45, 2.75) is 0 Å². The second kappa shape index (κ2) is 5.24. The van der Waals surface area contributed by atoms with Gasteiger partial charge in [-0.05, 0) is 12.1 Å². The van der Waals surface area contributed by atoms with E-state index in [4.69, 9.17) is 16.7 Å². The fraction of sp³-hybridized carbons (Fsp3) is 0. The molecule has 0 aliphatic heterocycles. The first-order chi connectivity index (χ1) is 4.72. The summed E-state index contributed by atoms with van der Waals surface area (Å²) in [6, 6.07) is 2.92. The molecule has 0 fully saturated rings. The van der Waals surface area contributed by atoms with Crippen molar-refractivity contribution in [1.29, 1.82) is 0 Å². The first-order valence-corrected chi connectivity index (χ1v) is 2.93. The van der Waals surface area contributed by atoms with E-state index in [9.17, 15) is 4.79 Å². The summed E-state index contributed by atoms with van der Waals surface area (Å²) in [5, 5.41) is 8.46. The number of rotatable bonds is 1. The number of carboxylic acid groups (broad SMARTS) is 1. The van der Waals surface area contributed by atoms with Crippen LogP contribution < -0.4 is 0 Å². The molecule has 0 aliphatic rings. The maximum absolute atomic E-state index is 10.3. The van der Waals surface area contributed by atoms with Crippen molar-refractivity contribution in [2.24, 2.45) is 0 Å². The molecule has 0 spiro atoms. The number of carboxylic acids is 1. The molecule has 1 aromatic heterocycles. The van der Waals surface area contributed by atoms with Gasteiger partial charge in [0.05, 0.1) is 5.56 Å². The SMILES string of the molecule is O=C(O)c1cccnc1Cl.[KH]. The van der Waals surface area contributed by atoms with Gasteiger partial charge in [-0.3, -0.25) is 0 Å². The van der Waals surface area contributed by atoms with Crippen molar-refractivity contribution in [1.82, 2.24) is 4.98 Å². The van der Waals surface area contributed by atoms with Crippen LogP contribution in [0, 0.1) is 0 Å². The van der Waals surface area contributed by atoms with E-state index in [1.165, 1.54) is 18.3 Å². The van der Waals surface area contributed by atoms with Crippen LogP contribution in [0.15, 0.2) is 18.3 Å². The molecular weight excluding hydrogens is 193 g/mol. The Morgan fingerprint density at radius 1 is 1.64 bits per heavy atom. The summed E-state index contributed by atoms with van der Waals surface area (Å²) in [6.45, 7) is 0. The van der Waals surface area contributed by atoms with Crippen molar-refractivity contribution in [2.75, 3.05) is 0 Å². The maximum atomic E-state index is 10.3. The Hall–Kier alpha value is 0.546. The van der Waals surface area contributed by atoms with E-state index in [0.717, 1.165) is 0 Å². The Kier molecular flexibility index (Phi) is 5.50. The molecule has 0 radical (unpaired) electrons. The minimum absolute atomic E-state index is 0. The molecular formula is C6H5ClKNO2. The molecule has 3 nitrogen and oxygen atoms in total. The summed E-state index contributed by atoms with van der Waals surface area (Å²) in [7, 11) is 0. The third-order valence-electron chi connectivity index (χ3n) is 0.989. The number of pyridine rings is 1.